The first-order chi connectivity index (χ1) is 9.06. The normalized spacial score (nSPS) is 24.9. The highest BCUT2D eigenvalue weighted by Gasteiger charge is 2.29. The van der Waals surface area contributed by atoms with Crippen LogP contribution < -0.4 is 5.32 Å². The van der Waals surface area contributed by atoms with Crippen LogP contribution in [0.4, 0.5) is 0 Å². The predicted molar refractivity (Wildman–Crippen MR) is 80.7 cm³/mol. The third-order valence-electron chi connectivity index (χ3n) is 4.59. The highest BCUT2D eigenvalue weighted by molar-refractivity contribution is 6.31. The van der Waals surface area contributed by atoms with E-state index in [4.69, 9.17) is 11.6 Å². The molecule has 1 fully saturated rings. The average molecular weight is 284 g/mol. The molecular weight excluding hydrogens is 258 g/mol. The van der Waals surface area contributed by atoms with Crippen molar-refractivity contribution in [2.45, 2.75) is 52.0 Å². The fourth-order valence-corrected chi connectivity index (χ4v) is 3.74. The zero-order valence-electron chi connectivity index (χ0n) is 12.5. The van der Waals surface area contributed by atoms with E-state index in [0.717, 1.165) is 35.4 Å². The van der Waals surface area contributed by atoms with E-state index in [-0.39, 0.29) is 0 Å². The first kappa shape index (κ1) is 14.9. The van der Waals surface area contributed by atoms with Crippen molar-refractivity contribution < 1.29 is 0 Å². The quantitative estimate of drug-likeness (QED) is 0.899. The van der Waals surface area contributed by atoms with Gasteiger partial charge in [0.1, 0.15) is 0 Å². The van der Waals surface area contributed by atoms with Gasteiger partial charge in [0.15, 0.2) is 0 Å². The smallest absolute Gasteiger partial charge is 0.0850 e. The SMILES string of the molecule is CCc1nn(C)c(CC(NC)C2CCC(C)C2)c1Cl. The van der Waals surface area contributed by atoms with E-state index < -0.39 is 0 Å². The second kappa shape index (κ2) is 6.27. The third-order valence-corrected chi connectivity index (χ3v) is 5.03. The van der Waals surface area contributed by atoms with Crippen molar-refractivity contribution in [1.82, 2.24) is 15.1 Å². The molecule has 0 amide bonds. The number of rotatable bonds is 5. The molecule has 2 rings (SSSR count). The lowest BCUT2D eigenvalue weighted by Gasteiger charge is -2.23. The number of aromatic nitrogens is 2. The summed E-state index contributed by atoms with van der Waals surface area (Å²) in [6.45, 7) is 4.46. The fraction of sp³-hybridized carbons (Fsp3) is 0.800. The summed E-state index contributed by atoms with van der Waals surface area (Å²) >= 11 is 6.46. The number of hydrogen-bond acceptors (Lipinski definition) is 2. The second-order valence-electron chi connectivity index (χ2n) is 5.96. The topological polar surface area (TPSA) is 29.9 Å². The number of nitrogens with one attached hydrogen (secondary N) is 1. The van der Waals surface area contributed by atoms with Crippen LogP contribution in [-0.4, -0.2) is 22.9 Å². The molecule has 108 valence electrons. The summed E-state index contributed by atoms with van der Waals surface area (Å²) in [7, 11) is 4.07. The molecule has 1 N–H and O–H groups in total. The van der Waals surface area contributed by atoms with Crippen molar-refractivity contribution in [3.63, 3.8) is 0 Å². The molecule has 0 radical (unpaired) electrons. The molecule has 1 heterocycles. The van der Waals surface area contributed by atoms with Crippen LogP contribution in [0.15, 0.2) is 0 Å². The maximum Gasteiger partial charge on any atom is 0.0850 e. The Bertz CT molecular complexity index is 427. The van der Waals surface area contributed by atoms with Crippen LogP contribution in [0.5, 0.6) is 0 Å². The van der Waals surface area contributed by atoms with Crippen LogP contribution >= 0.6 is 11.6 Å². The molecule has 1 aromatic heterocycles. The average Bonchev–Trinajstić information content (AvgIpc) is 2.92. The predicted octanol–water partition coefficient (Wildman–Crippen LogP) is 3.20. The van der Waals surface area contributed by atoms with E-state index in [9.17, 15) is 0 Å². The zero-order valence-corrected chi connectivity index (χ0v) is 13.3. The summed E-state index contributed by atoms with van der Waals surface area (Å²) in [5.41, 5.74) is 2.20. The molecule has 19 heavy (non-hydrogen) atoms. The monoisotopic (exact) mass is 283 g/mol. The van der Waals surface area contributed by atoms with Crippen molar-refractivity contribution in [3.05, 3.63) is 16.4 Å². The number of nitrogens with zero attached hydrogens (tertiary/aromatic N) is 2. The summed E-state index contributed by atoms with van der Waals surface area (Å²) < 4.78 is 1.96. The summed E-state index contributed by atoms with van der Waals surface area (Å²) in [5.74, 6) is 1.64. The molecule has 1 aromatic rings. The van der Waals surface area contributed by atoms with Gasteiger partial charge in [-0.2, -0.15) is 5.10 Å². The lowest BCUT2D eigenvalue weighted by molar-refractivity contribution is 0.362. The zero-order chi connectivity index (χ0) is 14.0. The van der Waals surface area contributed by atoms with Gasteiger partial charge >= 0.3 is 0 Å². The molecule has 0 saturated heterocycles. The number of aryl methyl sites for hydroxylation is 2. The van der Waals surface area contributed by atoms with Gasteiger partial charge in [0.25, 0.3) is 0 Å². The largest absolute Gasteiger partial charge is 0.316 e. The van der Waals surface area contributed by atoms with E-state index in [1.54, 1.807) is 0 Å². The standard InChI is InChI=1S/C15H26ClN3/c1-5-12-15(16)14(19(4)18-12)9-13(17-3)11-7-6-10(2)8-11/h10-11,13,17H,5-9H2,1-4H3. The highest BCUT2D eigenvalue weighted by Crippen LogP contribution is 2.34. The molecule has 3 nitrogen and oxygen atoms in total. The molecule has 0 aromatic carbocycles. The van der Waals surface area contributed by atoms with E-state index in [1.807, 2.05) is 11.7 Å². The van der Waals surface area contributed by atoms with Crippen molar-refractivity contribution in [3.8, 4) is 0 Å². The third kappa shape index (κ3) is 3.14. The fourth-order valence-electron chi connectivity index (χ4n) is 3.37. The Morgan fingerprint density at radius 1 is 1.47 bits per heavy atom. The molecule has 0 aliphatic heterocycles. The first-order valence-corrected chi connectivity index (χ1v) is 7.82. The molecule has 3 atom stereocenters. The highest BCUT2D eigenvalue weighted by atomic mass is 35.5. The Kier molecular flexibility index (Phi) is 4.91. The van der Waals surface area contributed by atoms with Crippen molar-refractivity contribution in [2.24, 2.45) is 18.9 Å². The Labute approximate surface area is 121 Å². The Hall–Kier alpha value is -0.540. The van der Waals surface area contributed by atoms with Gasteiger partial charge in [-0.25, -0.2) is 0 Å². The maximum atomic E-state index is 6.46. The van der Waals surface area contributed by atoms with E-state index >= 15 is 0 Å². The molecule has 1 aliphatic rings. The molecule has 0 spiro atoms. The van der Waals surface area contributed by atoms with Crippen molar-refractivity contribution >= 4 is 11.6 Å². The minimum atomic E-state index is 0.516. The van der Waals surface area contributed by atoms with Gasteiger partial charge < -0.3 is 5.32 Å². The van der Waals surface area contributed by atoms with Gasteiger partial charge in [0.2, 0.25) is 0 Å². The van der Waals surface area contributed by atoms with Gasteiger partial charge in [0, 0.05) is 19.5 Å². The second-order valence-corrected chi connectivity index (χ2v) is 6.34. The van der Waals surface area contributed by atoms with Crippen LogP contribution in [0, 0.1) is 11.8 Å². The van der Waals surface area contributed by atoms with E-state index in [2.05, 4.69) is 31.3 Å². The van der Waals surface area contributed by atoms with Crippen LogP contribution in [0.25, 0.3) is 0 Å². The molecule has 1 aliphatic carbocycles. The van der Waals surface area contributed by atoms with Crippen molar-refractivity contribution in [1.29, 1.82) is 0 Å². The number of hydrogen-bond donors (Lipinski definition) is 1. The molecule has 1 saturated carbocycles. The Balaban J connectivity index is 2.12. The van der Waals surface area contributed by atoms with E-state index in [1.165, 1.54) is 25.0 Å². The minimum Gasteiger partial charge on any atom is -0.316 e. The number of halogens is 1. The van der Waals surface area contributed by atoms with Crippen LogP contribution in [0.3, 0.4) is 0 Å². The van der Waals surface area contributed by atoms with Crippen LogP contribution in [0.1, 0.15) is 44.5 Å². The molecular formula is C15H26ClN3. The molecule has 4 heteroatoms. The summed E-state index contributed by atoms with van der Waals surface area (Å²) in [6, 6.07) is 0.516. The van der Waals surface area contributed by atoms with Gasteiger partial charge in [-0.1, -0.05) is 31.9 Å². The molecule has 0 bridgehead atoms. The number of likely N-dealkylation sites (N-methyl/N-ethyl adjacent to an activating group) is 1. The van der Waals surface area contributed by atoms with E-state index in [0.29, 0.717) is 6.04 Å². The maximum absolute atomic E-state index is 6.46. The summed E-state index contributed by atoms with van der Waals surface area (Å²) in [5, 5.41) is 8.88. The molecule has 3 unspecified atom stereocenters. The van der Waals surface area contributed by atoms with Gasteiger partial charge in [-0.3, -0.25) is 4.68 Å². The summed E-state index contributed by atoms with van der Waals surface area (Å²) in [4.78, 5) is 0. The van der Waals surface area contributed by atoms with Crippen molar-refractivity contribution in [2.75, 3.05) is 7.05 Å². The Morgan fingerprint density at radius 2 is 2.21 bits per heavy atom. The van der Waals surface area contributed by atoms with Gasteiger partial charge in [0.05, 0.1) is 16.4 Å². The first-order valence-electron chi connectivity index (χ1n) is 7.44. The lowest BCUT2D eigenvalue weighted by atomic mass is 9.93. The Morgan fingerprint density at radius 3 is 2.68 bits per heavy atom. The summed E-state index contributed by atoms with van der Waals surface area (Å²) in [6.07, 6.45) is 5.92. The van der Waals surface area contributed by atoms with Gasteiger partial charge in [-0.05, 0) is 38.1 Å². The van der Waals surface area contributed by atoms with Crippen LogP contribution in [-0.2, 0) is 19.9 Å². The minimum absolute atomic E-state index is 0.516. The van der Waals surface area contributed by atoms with Crippen LogP contribution in [0.2, 0.25) is 5.02 Å². The lowest BCUT2D eigenvalue weighted by Crippen LogP contribution is -2.35. The van der Waals surface area contributed by atoms with Gasteiger partial charge in [-0.15, -0.1) is 0 Å².